The number of aliphatic carboxylic acids is 1. The van der Waals surface area contributed by atoms with Crippen molar-refractivity contribution in [1.82, 2.24) is 20.9 Å². The van der Waals surface area contributed by atoms with Gasteiger partial charge in [0.15, 0.2) is 0 Å². The highest BCUT2D eigenvalue weighted by atomic mass is 16.4. The third-order valence-corrected chi connectivity index (χ3v) is 5.63. The third-order valence-electron chi connectivity index (χ3n) is 5.63. The number of nitrogens with one attached hydrogen (secondary N) is 4. The van der Waals surface area contributed by atoms with Crippen molar-refractivity contribution in [2.24, 2.45) is 17.4 Å². The first-order valence-corrected chi connectivity index (χ1v) is 11.8. The van der Waals surface area contributed by atoms with Crippen molar-refractivity contribution in [3.05, 3.63) is 36.0 Å². The van der Waals surface area contributed by atoms with E-state index >= 15 is 0 Å². The molecule has 0 aliphatic rings. The molecule has 0 fully saturated rings. The fourth-order valence-corrected chi connectivity index (χ4v) is 3.75. The Kier molecular flexibility index (Phi) is 10.6. The Balaban J connectivity index is 2.05. The highest BCUT2D eigenvalue weighted by molar-refractivity contribution is 5.95. The Bertz CT molecular complexity index is 1130. The van der Waals surface area contributed by atoms with Gasteiger partial charge in [0, 0.05) is 17.1 Å². The van der Waals surface area contributed by atoms with Crippen molar-refractivity contribution in [3.8, 4) is 0 Å². The number of para-hydroxylation sites is 1. The summed E-state index contributed by atoms with van der Waals surface area (Å²) in [4.78, 5) is 63.8. The summed E-state index contributed by atoms with van der Waals surface area (Å²) in [5.41, 5.74) is 12.8. The zero-order valence-electron chi connectivity index (χ0n) is 20.7. The van der Waals surface area contributed by atoms with E-state index in [0.717, 1.165) is 16.5 Å². The average molecular weight is 519 g/mol. The molecule has 2 aromatic rings. The fourth-order valence-electron chi connectivity index (χ4n) is 3.75. The summed E-state index contributed by atoms with van der Waals surface area (Å²) in [5, 5.41) is 26.9. The summed E-state index contributed by atoms with van der Waals surface area (Å²) in [6.07, 6.45) is 1.40. The molecule has 37 heavy (non-hydrogen) atoms. The van der Waals surface area contributed by atoms with Crippen molar-refractivity contribution in [1.29, 1.82) is 0 Å². The molecule has 1 aromatic carbocycles. The maximum Gasteiger partial charge on any atom is 0.326 e. The van der Waals surface area contributed by atoms with E-state index in [0.29, 0.717) is 0 Å². The number of benzene rings is 1. The van der Waals surface area contributed by atoms with E-state index in [2.05, 4.69) is 20.9 Å². The van der Waals surface area contributed by atoms with Crippen LogP contribution in [0, 0.1) is 5.92 Å². The summed E-state index contributed by atoms with van der Waals surface area (Å²) >= 11 is 0. The second-order valence-electron chi connectivity index (χ2n) is 9.17. The van der Waals surface area contributed by atoms with Gasteiger partial charge in [0.1, 0.15) is 18.1 Å². The Morgan fingerprint density at radius 3 is 2.14 bits per heavy atom. The van der Waals surface area contributed by atoms with Crippen LogP contribution in [0.4, 0.5) is 0 Å². The molecule has 202 valence electrons. The van der Waals surface area contributed by atoms with Gasteiger partial charge in [0.2, 0.25) is 23.6 Å². The summed E-state index contributed by atoms with van der Waals surface area (Å²) in [7, 11) is 0. The minimum Gasteiger partial charge on any atom is -0.480 e. The molecular formula is C24H34N6O7. The predicted octanol–water partition coefficient (Wildman–Crippen LogP) is -1.51. The molecule has 2 rings (SSSR count). The van der Waals surface area contributed by atoms with Gasteiger partial charge in [0.05, 0.1) is 19.1 Å². The second kappa shape index (κ2) is 13.4. The van der Waals surface area contributed by atoms with Crippen LogP contribution in [-0.2, 0) is 30.4 Å². The van der Waals surface area contributed by atoms with Gasteiger partial charge in [-0.05, 0) is 30.4 Å². The number of aromatic nitrogens is 1. The monoisotopic (exact) mass is 518 g/mol. The number of nitrogens with two attached hydrogens (primary N) is 2. The minimum absolute atomic E-state index is 0.0952. The number of aromatic amines is 1. The predicted molar refractivity (Wildman–Crippen MR) is 134 cm³/mol. The zero-order chi connectivity index (χ0) is 27.7. The molecule has 0 spiro atoms. The van der Waals surface area contributed by atoms with Crippen LogP contribution < -0.4 is 27.4 Å². The number of carbonyl (C=O) groups excluding carboxylic acids is 4. The number of aliphatic hydroxyl groups is 1. The lowest BCUT2D eigenvalue weighted by Crippen LogP contribution is -2.58. The van der Waals surface area contributed by atoms with Gasteiger partial charge in [-0.2, -0.15) is 0 Å². The minimum atomic E-state index is -1.58. The van der Waals surface area contributed by atoms with Crippen molar-refractivity contribution in [3.63, 3.8) is 0 Å². The van der Waals surface area contributed by atoms with Crippen LogP contribution >= 0.6 is 0 Å². The molecule has 10 N–H and O–H groups in total. The molecule has 0 saturated heterocycles. The molecule has 1 aromatic heterocycles. The average Bonchev–Trinajstić information content (AvgIpc) is 3.23. The van der Waals surface area contributed by atoms with E-state index in [1.807, 2.05) is 24.3 Å². The highest BCUT2D eigenvalue weighted by Gasteiger charge is 2.31. The molecule has 4 amide bonds. The topological polar surface area (TPSA) is 230 Å². The van der Waals surface area contributed by atoms with Gasteiger partial charge in [-0.1, -0.05) is 32.0 Å². The van der Waals surface area contributed by atoms with E-state index in [-0.39, 0.29) is 18.8 Å². The van der Waals surface area contributed by atoms with Gasteiger partial charge in [0.25, 0.3) is 0 Å². The SMILES string of the molecule is CC(C)CC(NC(=O)C(CO)NC(=O)C(N)Cc1c[nH]c2ccccc12)C(=O)NC(CC(N)=O)C(=O)O. The highest BCUT2D eigenvalue weighted by Crippen LogP contribution is 2.18. The van der Waals surface area contributed by atoms with Gasteiger partial charge in [-0.15, -0.1) is 0 Å². The summed E-state index contributed by atoms with van der Waals surface area (Å²) in [6, 6.07) is 2.27. The smallest absolute Gasteiger partial charge is 0.326 e. The fraction of sp³-hybridized carbons (Fsp3) is 0.458. The van der Waals surface area contributed by atoms with Gasteiger partial charge in [-0.3, -0.25) is 19.2 Å². The molecule has 0 aliphatic carbocycles. The van der Waals surface area contributed by atoms with Crippen LogP contribution in [0.3, 0.4) is 0 Å². The van der Waals surface area contributed by atoms with Crippen LogP contribution in [0.5, 0.6) is 0 Å². The number of carboxylic acids is 1. The molecule has 0 radical (unpaired) electrons. The van der Waals surface area contributed by atoms with Crippen molar-refractivity contribution >= 4 is 40.5 Å². The van der Waals surface area contributed by atoms with Crippen LogP contribution in [0.2, 0.25) is 0 Å². The lowest BCUT2D eigenvalue weighted by Gasteiger charge is -2.25. The van der Waals surface area contributed by atoms with E-state index in [4.69, 9.17) is 11.5 Å². The summed E-state index contributed by atoms with van der Waals surface area (Å²) < 4.78 is 0. The standard InChI is InChI=1S/C24H34N6O7/c1-12(2)7-17(22(34)29-18(24(36)37)9-20(26)32)28-23(35)19(11-31)30-21(33)15(25)8-13-10-27-16-6-4-3-5-14(13)16/h3-6,10,12,15,17-19,27,31H,7-9,11,25H2,1-2H3,(H2,26,32)(H,28,35)(H,29,34)(H,30,33)(H,36,37). The molecule has 0 aliphatic heterocycles. The van der Waals surface area contributed by atoms with E-state index in [9.17, 15) is 34.2 Å². The van der Waals surface area contributed by atoms with Gasteiger partial charge < -0.3 is 42.6 Å². The Morgan fingerprint density at radius 1 is 0.946 bits per heavy atom. The van der Waals surface area contributed by atoms with Crippen molar-refractivity contribution < 1.29 is 34.2 Å². The number of hydrogen-bond acceptors (Lipinski definition) is 7. The largest absolute Gasteiger partial charge is 0.480 e. The van der Waals surface area contributed by atoms with Crippen molar-refractivity contribution in [2.75, 3.05) is 6.61 Å². The molecular weight excluding hydrogens is 484 g/mol. The first-order chi connectivity index (χ1) is 17.4. The lowest BCUT2D eigenvalue weighted by atomic mass is 10.0. The molecule has 13 heteroatoms. The maximum atomic E-state index is 12.8. The Morgan fingerprint density at radius 2 is 1.54 bits per heavy atom. The quantitative estimate of drug-likeness (QED) is 0.146. The van der Waals surface area contributed by atoms with Crippen LogP contribution in [0.15, 0.2) is 30.5 Å². The third kappa shape index (κ3) is 8.58. The number of carbonyl (C=O) groups is 5. The first-order valence-electron chi connectivity index (χ1n) is 11.8. The Hall–Kier alpha value is -3.97. The molecule has 13 nitrogen and oxygen atoms in total. The molecule has 4 unspecified atom stereocenters. The number of amides is 4. The van der Waals surface area contributed by atoms with Gasteiger partial charge in [-0.25, -0.2) is 4.79 Å². The zero-order valence-corrected chi connectivity index (χ0v) is 20.7. The molecule has 0 bridgehead atoms. The summed E-state index contributed by atoms with van der Waals surface area (Å²) in [6.45, 7) is 2.78. The number of aliphatic hydroxyl groups excluding tert-OH is 1. The van der Waals surface area contributed by atoms with E-state index in [1.54, 1.807) is 20.0 Å². The van der Waals surface area contributed by atoms with E-state index in [1.165, 1.54) is 0 Å². The normalized spacial score (nSPS) is 14.4. The number of carboxylic acid groups (broad SMARTS) is 1. The lowest BCUT2D eigenvalue weighted by molar-refractivity contribution is -0.144. The van der Waals surface area contributed by atoms with Gasteiger partial charge >= 0.3 is 5.97 Å². The van der Waals surface area contributed by atoms with Crippen LogP contribution in [0.25, 0.3) is 10.9 Å². The second-order valence-corrected chi connectivity index (χ2v) is 9.17. The number of hydrogen-bond donors (Lipinski definition) is 8. The van der Waals surface area contributed by atoms with Crippen LogP contribution in [0.1, 0.15) is 32.3 Å². The Labute approximate surface area is 213 Å². The first kappa shape index (κ1) is 29.3. The van der Waals surface area contributed by atoms with E-state index < -0.39 is 66.8 Å². The molecule has 4 atom stereocenters. The number of H-pyrrole nitrogens is 1. The maximum absolute atomic E-state index is 12.8. The number of rotatable bonds is 14. The molecule has 1 heterocycles. The summed E-state index contributed by atoms with van der Waals surface area (Å²) in [5.74, 6) is -4.89. The number of fused-ring (bicyclic) bond motifs is 1. The van der Waals surface area contributed by atoms with Crippen molar-refractivity contribution in [2.45, 2.75) is 57.3 Å². The number of primary amides is 1. The molecule has 0 saturated carbocycles. The van der Waals surface area contributed by atoms with Crippen LogP contribution in [-0.4, -0.2) is 75.6 Å².